The van der Waals surface area contributed by atoms with Gasteiger partial charge in [-0.2, -0.15) is 0 Å². The van der Waals surface area contributed by atoms with Crippen LogP contribution in [0.15, 0.2) is 16.6 Å². The predicted molar refractivity (Wildman–Crippen MR) is 90.0 cm³/mol. The van der Waals surface area contributed by atoms with Gasteiger partial charge in [0.25, 0.3) is 0 Å². The van der Waals surface area contributed by atoms with Crippen LogP contribution in [0.1, 0.15) is 46.0 Å². The average molecular weight is 361 g/mol. The number of benzene rings is 1. The first-order valence-corrected chi connectivity index (χ1v) is 8.65. The van der Waals surface area contributed by atoms with Gasteiger partial charge in [0, 0.05) is 11.1 Å². The van der Waals surface area contributed by atoms with Crippen LogP contribution < -0.4 is 10.1 Å². The predicted octanol–water partition coefficient (Wildman–Crippen LogP) is 5.88. The Morgan fingerprint density at radius 2 is 2.10 bits per heavy atom. The van der Waals surface area contributed by atoms with Crippen LogP contribution in [0.5, 0.6) is 5.75 Å². The Hall–Kier alpha value is -0.410. The molecule has 0 spiro atoms. The molecule has 1 aliphatic carbocycles. The SMILES string of the molecule is CCOc1c(Br)cc(Cl)cc1NC1CCCC(C)CC1. The summed E-state index contributed by atoms with van der Waals surface area (Å²) in [5.41, 5.74) is 1.01. The van der Waals surface area contributed by atoms with Gasteiger partial charge < -0.3 is 10.1 Å². The van der Waals surface area contributed by atoms with Crippen molar-refractivity contribution < 1.29 is 4.74 Å². The van der Waals surface area contributed by atoms with Crippen LogP contribution >= 0.6 is 27.5 Å². The summed E-state index contributed by atoms with van der Waals surface area (Å²) < 4.78 is 6.66. The summed E-state index contributed by atoms with van der Waals surface area (Å²) in [5, 5.41) is 4.36. The Morgan fingerprint density at radius 3 is 2.85 bits per heavy atom. The zero-order chi connectivity index (χ0) is 14.5. The summed E-state index contributed by atoms with van der Waals surface area (Å²) in [6, 6.07) is 4.36. The van der Waals surface area contributed by atoms with Crippen molar-refractivity contribution in [3.8, 4) is 5.75 Å². The summed E-state index contributed by atoms with van der Waals surface area (Å²) in [6.45, 7) is 5.00. The van der Waals surface area contributed by atoms with Gasteiger partial charge in [-0.25, -0.2) is 0 Å². The summed E-state index contributed by atoms with van der Waals surface area (Å²) in [5.74, 6) is 1.72. The molecule has 4 heteroatoms. The lowest BCUT2D eigenvalue weighted by Gasteiger charge is -2.21. The lowest BCUT2D eigenvalue weighted by atomic mass is 10.0. The normalized spacial score (nSPS) is 23.2. The third kappa shape index (κ3) is 4.29. The zero-order valence-corrected chi connectivity index (χ0v) is 14.6. The molecule has 1 saturated carbocycles. The van der Waals surface area contributed by atoms with Crippen molar-refractivity contribution in [1.82, 2.24) is 0 Å². The highest BCUT2D eigenvalue weighted by Gasteiger charge is 2.18. The molecule has 0 saturated heterocycles. The van der Waals surface area contributed by atoms with Crippen molar-refractivity contribution in [3.63, 3.8) is 0 Å². The first-order chi connectivity index (χ1) is 9.60. The third-order valence-corrected chi connectivity index (χ3v) is 4.72. The molecule has 2 nitrogen and oxygen atoms in total. The van der Waals surface area contributed by atoms with Crippen LogP contribution in [0.2, 0.25) is 5.02 Å². The van der Waals surface area contributed by atoms with Crippen LogP contribution in [0.4, 0.5) is 5.69 Å². The maximum Gasteiger partial charge on any atom is 0.156 e. The van der Waals surface area contributed by atoms with E-state index in [-0.39, 0.29) is 0 Å². The Morgan fingerprint density at radius 1 is 1.30 bits per heavy atom. The molecule has 2 rings (SSSR count). The quantitative estimate of drug-likeness (QED) is 0.677. The minimum Gasteiger partial charge on any atom is -0.491 e. The van der Waals surface area contributed by atoms with Crippen molar-refractivity contribution >= 4 is 33.2 Å². The molecule has 20 heavy (non-hydrogen) atoms. The molecule has 1 aromatic carbocycles. The fourth-order valence-electron chi connectivity index (χ4n) is 2.81. The second kappa shape index (κ2) is 7.56. The highest BCUT2D eigenvalue weighted by Crippen LogP contribution is 2.38. The van der Waals surface area contributed by atoms with Crippen molar-refractivity contribution in [2.45, 2.75) is 52.0 Å². The van der Waals surface area contributed by atoms with Gasteiger partial charge >= 0.3 is 0 Å². The van der Waals surface area contributed by atoms with Gasteiger partial charge in [-0.05, 0) is 60.2 Å². The van der Waals surface area contributed by atoms with Crippen LogP contribution in [0, 0.1) is 5.92 Å². The molecular weight excluding hydrogens is 338 g/mol. The van der Waals surface area contributed by atoms with Gasteiger partial charge in [0.2, 0.25) is 0 Å². The maximum absolute atomic E-state index is 6.17. The van der Waals surface area contributed by atoms with Crippen LogP contribution in [0.25, 0.3) is 0 Å². The molecule has 0 aromatic heterocycles. The number of halogens is 2. The van der Waals surface area contributed by atoms with E-state index in [4.69, 9.17) is 16.3 Å². The molecular formula is C16H23BrClNO. The number of rotatable bonds is 4. The lowest BCUT2D eigenvalue weighted by molar-refractivity contribution is 0.339. The molecule has 0 radical (unpaired) electrons. The third-order valence-electron chi connectivity index (χ3n) is 3.91. The highest BCUT2D eigenvalue weighted by molar-refractivity contribution is 9.10. The smallest absolute Gasteiger partial charge is 0.156 e. The van der Waals surface area contributed by atoms with Crippen molar-refractivity contribution in [2.75, 3.05) is 11.9 Å². The van der Waals surface area contributed by atoms with Gasteiger partial charge in [-0.1, -0.05) is 31.4 Å². The second-order valence-corrected chi connectivity index (χ2v) is 6.94. The van der Waals surface area contributed by atoms with Crippen molar-refractivity contribution in [3.05, 3.63) is 21.6 Å². The van der Waals surface area contributed by atoms with E-state index in [0.29, 0.717) is 12.6 Å². The monoisotopic (exact) mass is 359 g/mol. The van der Waals surface area contributed by atoms with Crippen molar-refractivity contribution in [2.24, 2.45) is 5.92 Å². The molecule has 2 unspecified atom stereocenters. The van der Waals surface area contributed by atoms with E-state index in [0.717, 1.165) is 26.9 Å². The average Bonchev–Trinajstić information content (AvgIpc) is 2.59. The highest BCUT2D eigenvalue weighted by atomic mass is 79.9. The molecule has 112 valence electrons. The largest absolute Gasteiger partial charge is 0.491 e. The van der Waals surface area contributed by atoms with Gasteiger partial charge in [0.15, 0.2) is 5.75 Å². The van der Waals surface area contributed by atoms with Crippen LogP contribution in [-0.2, 0) is 0 Å². The van der Waals surface area contributed by atoms with Gasteiger partial charge in [0.05, 0.1) is 16.8 Å². The topological polar surface area (TPSA) is 21.3 Å². The Bertz CT molecular complexity index is 452. The molecule has 0 aliphatic heterocycles. The number of hydrogen-bond donors (Lipinski definition) is 1. The first-order valence-electron chi connectivity index (χ1n) is 7.48. The van der Waals surface area contributed by atoms with Gasteiger partial charge in [0.1, 0.15) is 0 Å². The summed E-state index contributed by atoms with van der Waals surface area (Å²) in [6.07, 6.45) is 6.38. The van der Waals surface area contributed by atoms with Crippen LogP contribution in [0.3, 0.4) is 0 Å². The van der Waals surface area contributed by atoms with E-state index in [1.807, 2.05) is 19.1 Å². The molecule has 1 N–H and O–H groups in total. The van der Waals surface area contributed by atoms with E-state index in [1.165, 1.54) is 32.1 Å². The molecule has 0 heterocycles. The van der Waals surface area contributed by atoms with E-state index in [1.54, 1.807) is 0 Å². The number of hydrogen-bond acceptors (Lipinski definition) is 2. The fraction of sp³-hybridized carbons (Fsp3) is 0.625. The second-order valence-electron chi connectivity index (χ2n) is 5.65. The Balaban J connectivity index is 2.14. The van der Waals surface area contributed by atoms with E-state index in [9.17, 15) is 0 Å². The molecule has 0 bridgehead atoms. The molecule has 1 aromatic rings. The summed E-state index contributed by atoms with van der Waals surface area (Å²) in [4.78, 5) is 0. The first kappa shape index (κ1) is 16.0. The molecule has 1 aliphatic rings. The summed E-state index contributed by atoms with van der Waals surface area (Å²) >= 11 is 9.71. The van der Waals surface area contributed by atoms with Gasteiger partial charge in [-0.3, -0.25) is 0 Å². The molecule has 1 fully saturated rings. The fourth-order valence-corrected chi connectivity index (χ4v) is 3.73. The minimum atomic E-state index is 0.518. The number of ether oxygens (including phenoxy) is 1. The van der Waals surface area contributed by atoms with E-state index in [2.05, 4.69) is 28.2 Å². The molecule has 2 atom stereocenters. The Kier molecular flexibility index (Phi) is 6.03. The number of nitrogens with one attached hydrogen (secondary N) is 1. The van der Waals surface area contributed by atoms with Gasteiger partial charge in [-0.15, -0.1) is 0 Å². The molecule has 0 amide bonds. The van der Waals surface area contributed by atoms with E-state index < -0.39 is 0 Å². The minimum absolute atomic E-state index is 0.518. The maximum atomic E-state index is 6.17. The standard InChI is InChI=1S/C16H23BrClNO/c1-3-20-16-14(17)9-12(18)10-15(16)19-13-6-4-5-11(2)7-8-13/h9-11,13,19H,3-8H2,1-2H3. The van der Waals surface area contributed by atoms with Crippen LogP contribution in [-0.4, -0.2) is 12.6 Å². The zero-order valence-electron chi connectivity index (χ0n) is 12.2. The summed E-state index contributed by atoms with van der Waals surface area (Å²) in [7, 11) is 0. The Labute approximate surface area is 135 Å². The number of anilines is 1. The lowest BCUT2D eigenvalue weighted by Crippen LogP contribution is -2.19. The van der Waals surface area contributed by atoms with E-state index >= 15 is 0 Å². The van der Waals surface area contributed by atoms with Crippen molar-refractivity contribution in [1.29, 1.82) is 0 Å².